The maximum Gasteiger partial charge on any atom is 0.222 e. The molecule has 0 bridgehead atoms. The molecule has 3 heterocycles. The summed E-state index contributed by atoms with van der Waals surface area (Å²) in [5.41, 5.74) is 1.50. The van der Waals surface area contributed by atoms with Crippen LogP contribution in [0.3, 0.4) is 0 Å². The van der Waals surface area contributed by atoms with Crippen LogP contribution in [0.5, 0.6) is 0 Å². The standard InChI is InChI=1S/C16H24N2O3/c19-9-8-18-13-16(3-1-15(18)20)4-6-17(7-5-16)11-14-2-10-21-12-14/h2,10,12,19H,1,3-9,11,13H2. The van der Waals surface area contributed by atoms with E-state index < -0.39 is 0 Å². The monoisotopic (exact) mass is 292 g/mol. The molecular weight excluding hydrogens is 268 g/mol. The predicted octanol–water partition coefficient (Wildman–Crippen LogP) is 1.48. The van der Waals surface area contributed by atoms with Crippen LogP contribution in [0, 0.1) is 5.41 Å². The van der Waals surface area contributed by atoms with E-state index in [1.165, 1.54) is 5.56 Å². The van der Waals surface area contributed by atoms with Crippen molar-refractivity contribution in [2.24, 2.45) is 5.41 Å². The molecule has 0 saturated carbocycles. The maximum absolute atomic E-state index is 11.9. The van der Waals surface area contributed by atoms with E-state index >= 15 is 0 Å². The molecule has 0 aromatic carbocycles. The highest BCUT2D eigenvalue weighted by Crippen LogP contribution is 2.40. The van der Waals surface area contributed by atoms with Gasteiger partial charge in [0.1, 0.15) is 0 Å². The lowest BCUT2D eigenvalue weighted by Gasteiger charge is -2.47. The maximum atomic E-state index is 11.9. The molecule has 0 unspecified atom stereocenters. The number of amides is 1. The van der Waals surface area contributed by atoms with Gasteiger partial charge in [0, 0.05) is 31.6 Å². The lowest BCUT2D eigenvalue weighted by molar-refractivity contribution is -0.139. The summed E-state index contributed by atoms with van der Waals surface area (Å²) in [7, 11) is 0. The number of carbonyl (C=O) groups is 1. The molecule has 2 aliphatic heterocycles. The highest BCUT2D eigenvalue weighted by atomic mass is 16.3. The molecular formula is C16H24N2O3. The van der Waals surface area contributed by atoms with E-state index in [0.29, 0.717) is 13.0 Å². The van der Waals surface area contributed by atoms with E-state index in [1.807, 2.05) is 17.2 Å². The van der Waals surface area contributed by atoms with Gasteiger partial charge in [-0.1, -0.05) is 0 Å². The fourth-order valence-corrected chi connectivity index (χ4v) is 3.66. The number of rotatable bonds is 4. The summed E-state index contributed by atoms with van der Waals surface area (Å²) >= 11 is 0. The average Bonchev–Trinajstić information content (AvgIpc) is 2.99. The SMILES string of the molecule is O=C1CCC2(CCN(Cc3ccoc3)CC2)CN1CCO. The Balaban J connectivity index is 1.55. The smallest absolute Gasteiger partial charge is 0.222 e. The third kappa shape index (κ3) is 3.30. The minimum atomic E-state index is 0.0639. The topological polar surface area (TPSA) is 56.9 Å². The number of likely N-dealkylation sites (tertiary alicyclic amines) is 2. The van der Waals surface area contributed by atoms with Crippen LogP contribution < -0.4 is 0 Å². The molecule has 1 spiro atoms. The van der Waals surface area contributed by atoms with Crippen LogP contribution in [-0.4, -0.2) is 53.6 Å². The summed E-state index contributed by atoms with van der Waals surface area (Å²) in [6.45, 7) is 4.48. The number of hydrogen-bond donors (Lipinski definition) is 1. The number of furan rings is 1. The lowest BCUT2D eigenvalue weighted by Crippen LogP contribution is -2.51. The molecule has 1 N–H and O–H groups in total. The quantitative estimate of drug-likeness (QED) is 0.913. The van der Waals surface area contributed by atoms with Crippen molar-refractivity contribution in [2.45, 2.75) is 32.2 Å². The fourth-order valence-electron chi connectivity index (χ4n) is 3.66. The molecule has 1 amide bonds. The van der Waals surface area contributed by atoms with E-state index in [2.05, 4.69) is 4.90 Å². The van der Waals surface area contributed by atoms with Crippen molar-refractivity contribution >= 4 is 5.91 Å². The Labute approximate surface area is 125 Å². The minimum Gasteiger partial charge on any atom is -0.472 e. The molecule has 0 atom stereocenters. The summed E-state index contributed by atoms with van der Waals surface area (Å²) in [6, 6.07) is 2.02. The summed E-state index contributed by atoms with van der Waals surface area (Å²) in [4.78, 5) is 16.2. The molecule has 116 valence electrons. The summed E-state index contributed by atoms with van der Waals surface area (Å²) in [6.07, 6.45) is 7.46. The van der Waals surface area contributed by atoms with Crippen LogP contribution in [0.15, 0.2) is 23.0 Å². The highest BCUT2D eigenvalue weighted by Gasteiger charge is 2.40. The zero-order valence-corrected chi connectivity index (χ0v) is 12.5. The molecule has 2 aliphatic rings. The first-order valence-corrected chi connectivity index (χ1v) is 7.83. The van der Waals surface area contributed by atoms with Gasteiger partial charge in [-0.25, -0.2) is 0 Å². The van der Waals surface area contributed by atoms with Crippen LogP contribution in [0.1, 0.15) is 31.2 Å². The van der Waals surface area contributed by atoms with Crippen LogP contribution in [0.2, 0.25) is 0 Å². The van der Waals surface area contributed by atoms with Crippen molar-refractivity contribution in [3.63, 3.8) is 0 Å². The Morgan fingerprint density at radius 2 is 2.10 bits per heavy atom. The van der Waals surface area contributed by atoms with Crippen molar-refractivity contribution in [1.82, 2.24) is 9.80 Å². The molecule has 5 heteroatoms. The number of aliphatic hydroxyl groups is 1. The summed E-state index contributed by atoms with van der Waals surface area (Å²) in [5, 5.41) is 9.10. The molecule has 21 heavy (non-hydrogen) atoms. The zero-order chi connectivity index (χ0) is 14.7. The van der Waals surface area contributed by atoms with E-state index in [1.54, 1.807) is 6.26 Å². The van der Waals surface area contributed by atoms with Gasteiger partial charge in [-0.2, -0.15) is 0 Å². The first kappa shape index (κ1) is 14.6. The second-order valence-electron chi connectivity index (χ2n) is 6.45. The molecule has 2 fully saturated rings. The molecule has 1 aromatic heterocycles. The Bertz CT molecular complexity index is 464. The average molecular weight is 292 g/mol. The van der Waals surface area contributed by atoms with E-state index in [0.717, 1.165) is 45.4 Å². The number of β-amino-alcohol motifs (C(OH)–C–C–N with tert-alkyl or cyclic N) is 1. The molecule has 0 aliphatic carbocycles. The van der Waals surface area contributed by atoms with Gasteiger partial charge in [0.25, 0.3) is 0 Å². The molecule has 1 aromatic rings. The van der Waals surface area contributed by atoms with Crippen molar-refractivity contribution < 1.29 is 14.3 Å². The molecule has 5 nitrogen and oxygen atoms in total. The number of nitrogens with zero attached hydrogens (tertiary/aromatic N) is 2. The van der Waals surface area contributed by atoms with E-state index in [4.69, 9.17) is 9.52 Å². The van der Waals surface area contributed by atoms with Crippen molar-refractivity contribution in [1.29, 1.82) is 0 Å². The second kappa shape index (κ2) is 6.20. The number of aliphatic hydroxyl groups excluding tert-OH is 1. The number of piperidine rings is 2. The van der Waals surface area contributed by atoms with Gasteiger partial charge in [0.05, 0.1) is 19.1 Å². The zero-order valence-electron chi connectivity index (χ0n) is 12.5. The number of hydrogen-bond acceptors (Lipinski definition) is 4. The molecule has 2 saturated heterocycles. The molecule has 0 radical (unpaired) electrons. The third-order valence-corrected chi connectivity index (χ3v) is 5.02. The fraction of sp³-hybridized carbons (Fsp3) is 0.688. The Morgan fingerprint density at radius 3 is 2.76 bits per heavy atom. The third-order valence-electron chi connectivity index (χ3n) is 5.02. The van der Waals surface area contributed by atoms with Gasteiger partial charge in [-0.3, -0.25) is 9.69 Å². The largest absolute Gasteiger partial charge is 0.472 e. The van der Waals surface area contributed by atoms with Crippen LogP contribution >= 0.6 is 0 Å². The van der Waals surface area contributed by atoms with Gasteiger partial charge < -0.3 is 14.4 Å². The Morgan fingerprint density at radius 1 is 1.29 bits per heavy atom. The Kier molecular flexibility index (Phi) is 4.31. The van der Waals surface area contributed by atoms with Crippen LogP contribution in [0.4, 0.5) is 0 Å². The van der Waals surface area contributed by atoms with Gasteiger partial charge in [-0.05, 0) is 43.8 Å². The van der Waals surface area contributed by atoms with Crippen molar-refractivity contribution in [3.05, 3.63) is 24.2 Å². The van der Waals surface area contributed by atoms with E-state index in [9.17, 15) is 4.79 Å². The van der Waals surface area contributed by atoms with Gasteiger partial charge >= 0.3 is 0 Å². The van der Waals surface area contributed by atoms with Gasteiger partial charge in [0.15, 0.2) is 0 Å². The van der Waals surface area contributed by atoms with Crippen molar-refractivity contribution in [3.8, 4) is 0 Å². The predicted molar refractivity (Wildman–Crippen MR) is 78.6 cm³/mol. The van der Waals surface area contributed by atoms with Crippen LogP contribution in [0.25, 0.3) is 0 Å². The van der Waals surface area contributed by atoms with Gasteiger partial charge in [-0.15, -0.1) is 0 Å². The normalized spacial score (nSPS) is 22.9. The Hall–Kier alpha value is -1.33. The second-order valence-corrected chi connectivity index (χ2v) is 6.45. The summed E-state index contributed by atoms with van der Waals surface area (Å²) < 4.78 is 5.12. The molecule has 3 rings (SSSR count). The lowest BCUT2D eigenvalue weighted by atomic mass is 9.72. The first-order chi connectivity index (χ1) is 10.2. The van der Waals surface area contributed by atoms with E-state index in [-0.39, 0.29) is 17.9 Å². The summed E-state index contributed by atoms with van der Waals surface area (Å²) in [5.74, 6) is 0.204. The minimum absolute atomic E-state index is 0.0639. The number of carbonyl (C=O) groups excluding carboxylic acids is 1. The van der Waals surface area contributed by atoms with Crippen molar-refractivity contribution in [2.75, 3.05) is 32.8 Å². The first-order valence-electron chi connectivity index (χ1n) is 7.83. The van der Waals surface area contributed by atoms with Crippen LogP contribution in [-0.2, 0) is 11.3 Å². The van der Waals surface area contributed by atoms with Gasteiger partial charge in [0.2, 0.25) is 5.91 Å². The highest BCUT2D eigenvalue weighted by molar-refractivity contribution is 5.77.